The molecule has 7 nitrogen and oxygen atoms in total. The van der Waals surface area contributed by atoms with E-state index in [0.717, 1.165) is 38.4 Å². The Morgan fingerprint density at radius 3 is 2.51 bits per heavy atom. The first-order chi connectivity index (χ1) is 16.3. The number of carbonyl (C=O) groups is 2. The summed E-state index contributed by atoms with van der Waals surface area (Å²) >= 11 is 3.87. The molecule has 2 fully saturated rings. The molecule has 3 heterocycles. The van der Waals surface area contributed by atoms with E-state index in [1.54, 1.807) is 32.1 Å². The van der Waals surface area contributed by atoms with Crippen LogP contribution in [0, 0.1) is 27.1 Å². The number of halogens is 1. The number of aliphatic hydroxyl groups is 2. The summed E-state index contributed by atoms with van der Waals surface area (Å²) in [6, 6.07) is 0. The van der Waals surface area contributed by atoms with Crippen molar-refractivity contribution < 1.29 is 29.3 Å². The van der Waals surface area contributed by atoms with Crippen molar-refractivity contribution in [1.29, 1.82) is 0 Å². The highest BCUT2D eigenvalue weighted by molar-refractivity contribution is 14.1. The topological polar surface area (TPSA) is 109 Å². The molecule has 35 heavy (non-hydrogen) atoms. The molecule has 0 saturated carbocycles. The standard InChI is InChI=1S/C26H38INO6S/c1-13-8-7-9-18-20(33-18)11-19(14(2)10-17-25(27)35-16(4)28-17)34-22(30)12-21(29)26(5,6)24(32)15(3)23(13)31/h10,13,15,18-21,23,29,31H,7-9,11-12H2,1-6H3/b14-10+/t13-,15+,18+,19-,20-,21-,23-/m0/s1. The molecule has 196 valence electrons. The SMILES string of the molecule is C/C(=C\c1nc(C)sc1I)[C@@H]1C[C@@H]2O[C@@H]2CCC[C@H](C)[C@H](O)[C@@H](C)C(=O)C(C)(C)[C@@H](O)CC(=O)O1. The summed E-state index contributed by atoms with van der Waals surface area (Å²) < 4.78 is 12.8. The summed E-state index contributed by atoms with van der Waals surface area (Å²) in [5.41, 5.74) is 0.526. The second-order valence-corrected chi connectivity index (χ2v) is 13.7. The lowest BCUT2D eigenvalue weighted by Crippen LogP contribution is -2.45. The Balaban J connectivity index is 1.84. The van der Waals surface area contributed by atoms with Crippen molar-refractivity contribution in [2.75, 3.05) is 0 Å². The Labute approximate surface area is 225 Å². The van der Waals surface area contributed by atoms with E-state index in [9.17, 15) is 19.8 Å². The van der Waals surface area contributed by atoms with Gasteiger partial charge in [0.1, 0.15) is 11.9 Å². The summed E-state index contributed by atoms with van der Waals surface area (Å²) in [5, 5.41) is 22.6. The fraction of sp³-hybridized carbons (Fsp3) is 0.731. The zero-order valence-electron chi connectivity index (χ0n) is 21.4. The van der Waals surface area contributed by atoms with E-state index in [4.69, 9.17) is 9.47 Å². The number of nitrogens with zero attached hydrogens (tertiary/aromatic N) is 1. The molecule has 3 rings (SSSR count). The van der Waals surface area contributed by atoms with E-state index >= 15 is 0 Å². The number of rotatable bonds is 2. The number of hydrogen-bond acceptors (Lipinski definition) is 8. The zero-order valence-corrected chi connectivity index (χ0v) is 24.4. The average Bonchev–Trinajstić information content (AvgIpc) is 3.44. The molecule has 2 N–H and O–H groups in total. The lowest BCUT2D eigenvalue weighted by Gasteiger charge is -2.34. The van der Waals surface area contributed by atoms with Gasteiger partial charge in [-0.15, -0.1) is 11.3 Å². The number of esters is 1. The number of carbonyl (C=O) groups excluding carboxylic acids is 2. The van der Waals surface area contributed by atoms with Crippen LogP contribution < -0.4 is 0 Å². The number of fused-ring (bicyclic) bond motifs is 1. The van der Waals surface area contributed by atoms with Crippen LogP contribution in [0.4, 0.5) is 0 Å². The molecule has 0 spiro atoms. The van der Waals surface area contributed by atoms with Crippen LogP contribution in [0.15, 0.2) is 5.57 Å². The lowest BCUT2D eigenvalue weighted by molar-refractivity contribution is -0.154. The van der Waals surface area contributed by atoms with Crippen LogP contribution in [0.3, 0.4) is 0 Å². The summed E-state index contributed by atoms with van der Waals surface area (Å²) in [6.45, 7) is 10.8. The van der Waals surface area contributed by atoms with Crippen molar-refractivity contribution in [3.8, 4) is 0 Å². The highest BCUT2D eigenvalue weighted by Crippen LogP contribution is 2.36. The first-order valence-electron chi connectivity index (χ1n) is 12.4. The van der Waals surface area contributed by atoms with Gasteiger partial charge in [0.2, 0.25) is 0 Å². The second-order valence-electron chi connectivity index (χ2n) is 10.7. The molecular weight excluding hydrogens is 581 g/mol. The maximum Gasteiger partial charge on any atom is 0.309 e. The number of aryl methyl sites for hydroxylation is 1. The molecule has 1 aromatic heterocycles. The largest absolute Gasteiger partial charge is 0.458 e. The Morgan fingerprint density at radius 1 is 1.20 bits per heavy atom. The van der Waals surface area contributed by atoms with E-state index in [-0.39, 0.29) is 30.3 Å². The van der Waals surface area contributed by atoms with Crippen LogP contribution in [0.5, 0.6) is 0 Å². The van der Waals surface area contributed by atoms with Crippen LogP contribution in [0.1, 0.15) is 77.4 Å². The summed E-state index contributed by atoms with van der Waals surface area (Å²) in [7, 11) is 0. The third kappa shape index (κ3) is 7.12. The number of thiazole rings is 1. The number of cyclic esters (lactones) is 1. The fourth-order valence-corrected chi connectivity index (χ4v) is 6.67. The van der Waals surface area contributed by atoms with Crippen molar-refractivity contribution in [3.63, 3.8) is 0 Å². The molecule has 2 saturated heterocycles. The summed E-state index contributed by atoms with van der Waals surface area (Å²) in [5.74, 6) is -1.52. The van der Waals surface area contributed by atoms with Gasteiger partial charge in [-0.25, -0.2) is 4.98 Å². The fourth-order valence-electron chi connectivity index (χ4n) is 4.82. The monoisotopic (exact) mass is 619 g/mol. The minimum Gasteiger partial charge on any atom is -0.458 e. The van der Waals surface area contributed by atoms with E-state index in [2.05, 4.69) is 27.6 Å². The highest BCUT2D eigenvalue weighted by Gasteiger charge is 2.44. The van der Waals surface area contributed by atoms with Gasteiger partial charge in [-0.3, -0.25) is 9.59 Å². The normalized spacial score (nSPS) is 35.3. The number of Topliss-reactive ketones (excluding diaryl/α,β-unsaturated/α-hetero) is 1. The minimum absolute atomic E-state index is 0.00222. The van der Waals surface area contributed by atoms with Crippen LogP contribution in [0.25, 0.3) is 6.08 Å². The quantitative estimate of drug-likeness (QED) is 0.281. The third-order valence-corrected chi connectivity index (χ3v) is 9.47. The number of ether oxygens (including phenoxy) is 2. The summed E-state index contributed by atoms with van der Waals surface area (Å²) in [6.07, 6.45) is 2.28. The van der Waals surface area contributed by atoms with Gasteiger partial charge in [0.05, 0.1) is 49.8 Å². The average molecular weight is 620 g/mol. The maximum absolute atomic E-state index is 13.2. The van der Waals surface area contributed by atoms with Gasteiger partial charge in [0, 0.05) is 12.3 Å². The molecule has 0 aromatic carbocycles. The Morgan fingerprint density at radius 2 is 1.89 bits per heavy atom. The predicted octanol–water partition coefficient (Wildman–Crippen LogP) is 4.69. The van der Waals surface area contributed by atoms with Crippen molar-refractivity contribution in [2.45, 2.75) is 104 Å². The van der Waals surface area contributed by atoms with E-state index in [1.807, 2.05) is 26.8 Å². The van der Waals surface area contributed by atoms with Crippen LogP contribution >= 0.6 is 33.9 Å². The number of epoxide rings is 1. The van der Waals surface area contributed by atoms with Gasteiger partial charge in [-0.2, -0.15) is 0 Å². The molecule has 0 amide bonds. The predicted molar refractivity (Wildman–Crippen MR) is 144 cm³/mol. The van der Waals surface area contributed by atoms with Gasteiger partial charge in [-0.05, 0) is 66.8 Å². The van der Waals surface area contributed by atoms with E-state index in [1.165, 1.54) is 0 Å². The molecule has 0 bridgehead atoms. The number of ketones is 1. The van der Waals surface area contributed by atoms with Crippen LogP contribution in [-0.2, 0) is 19.1 Å². The Kier molecular flexibility index (Phi) is 9.56. The van der Waals surface area contributed by atoms with Crippen molar-refractivity contribution in [1.82, 2.24) is 4.98 Å². The van der Waals surface area contributed by atoms with Crippen molar-refractivity contribution in [2.24, 2.45) is 17.3 Å². The lowest BCUT2D eigenvalue weighted by atomic mass is 9.73. The third-order valence-electron chi connectivity index (χ3n) is 7.48. The Hall–Kier alpha value is -0.880. The smallest absolute Gasteiger partial charge is 0.309 e. The molecular formula is C26H38INO6S. The Bertz CT molecular complexity index is 960. The van der Waals surface area contributed by atoms with Crippen molar-refractivity contribution in [3.05, 3.63) is 19.2 Å². The van der Waals surface area contributed by atoms with E-state index < -0.39 is 35.6 Å². The zero-order chi connectivity index (χ0) is 26.1. The first kappa shape index (κ1) is 28.7. The molecule has 2 aliphatic rings. The van der Waals surface area contributed by atoms with Gasteiger partial charge >= 0.3 is 5.97 Å². The highest BCUT2D eigenvalue weighted by atomic mass is 127. The minimum atomic E-state index is -1.22. The number of hydrogen-bond donors (Lipinski definition) is 2. The van der Waals surface area contributed by atoms with Crippen LogP contribution in [0.2, 0.25) is 0 Å². The second kappa shape index (κ2) is 11.7. The molecule has 0 radical (unpaired) electrons. The van der Waals surface area contributed by atoms with Gasteiger partial charge in [0.25, 0.3) is 0 Å². The number of aliphatic hydroxyl groups excluding tert-OH is 2. The molecule has 0 unspecified atom stereocenters. The van der Waals surface area contributed by atoms with E-state index in [0.29, 0.717) is 6.42 Å². The van der Waals surface area contributed by atoms with Crippen LogP contribution in [-0.4, -0.2) is 57.5 Å². The molecule has 2 aliphatic heterocycles. The molecule has 9 heteroatoms. The van der Waals surface area contributed by atoms with Crippen molar-refractivity contribution >= 4 is 51.8 Å². The molecule has 7 atom stereocenters. The summed E-state index contributed by atoms with van der Waals surface area (Å²) in [4.78, 5) is 30.7. The van der Waals surface area contributed by atoms with Gasteiger partial charge in [0.15, 0.2) is 0 Å². The van der Waals surface area contributed by atoms with Gasteiger partial charge in [-0.1, -0.05) is 34.1 Å². The molecule has 0 aliphatic carbocycles. The number of aromatic nitrogens is 1. The first-order valence-corrected chi connectivity index (χ1v) is 14.3. The maximum atomic E-state index is 13.2. The molecule has 1 aromatic rings. The van der Waals surface area contributed by atoms with Gasteiger partial charge < -0.3 is 19.7 Å².